The predicted molar refractivity (Wildman–Crippen MR) is 518 cm³/mol. The van der Waals surface area contributed by atoms with E-state index in [2.05, 4.69) is 224 Å². The summed E-state index contributed by atoms with van der Waals surface area (Å²) in [5.74, 6) is -0.806. The fourth-order valence-electron chi connectivity index (χ4n) is 10.6. The third-order valence-electron chi connectivity index (χ3n) is 17.0. The van der Waals surface area contributed by atoms with Crippen LogP contribution in [-0.2, 0) is 52.2 Å². The van der Waals surface area contributed by atoms with Crippen molar-refractivity contribution in [2.45, 2.75) is 125 Å². The summed E-state index contributed by atoms with van der Waals surface area (Å²) in [5.41, 5.74) is 12.0. The van der Waals surface area contributed by atoms with Crippen molar-refractivity contribution in [1.29, 1.82) is 0 Å². The van der Waals surface area contributed by atoms with Crippen molar-refractivity contribution in [2.75, 3.05) is 27.4 Å². The van der Waals surface area contributed by atoms with Crippen LogP contribution in [0.15, 0.2) is 232 Å². The molecule has 1 aliphatic rings. The van der Waals surface area contributed by atoms with Gasteiger partial charge in [0.15, 0.2) is 5.82 Å². The number of carboxylic acid groups (broad SMARTS) is 2. The molecule has 5 atom stereocenters. The van der Waals surface area contributed by atoms with E-state index >= 15 is 0 Å². The monoisotopic (exact) mass is 2050 g/mol. The van der Waals surface area contributed by atoms with Gasteiger partial charge in [-0.3, -0.25) is 24.0 Å². The first-order valence-corrected chi connectivity index (χ1v) is 49.2. The molecule has 0 radical (unpaired) electrons. The molecule has 0 fully saturated rings. The number of aromatic nitrogens is 4. The van der Waals surface area contributed by atoms with Crippen LogP contribution in [-0.4, -0.2) is 163 Å². The summed E-state index contributed by atoms with van der Waals surface area (Å²) in [6, 6.07) is 64.5. The van der Waals surface area contributed by atoms with E-state index in [0.29, 0.717) is 37.3 Å². The molecule has 0 spiro atoms. The predicted octanol–water partition coefficient (Wildman–Crippen LogP) is 16.7. The largest absolute Gasteiger partial charge is 1.00 e. The third kappa shape index (κ3) is 43.0. The van der Waals surface area contributed by atoms with Crippen molar-refractivity contribution in [2.24, 2.45) is 40.3 Å². The average molecular weight is 2060 g/mol. The number of amides is 3. The van der Waals surface area contributed by atoms with Crippen LogP contribution in [0.5, 0.6) is 0 Å². The number of esters is 1. The van der Waals surface area contributed by atoms with E-state index in [0.717, 1.165) is 63.2 Å². The van der Waals surface area contributed by atoms with Crippen LogP contribution in [0.1, 0.15) is 150 Å². The number of nitrogens with one attached hydrogen (secondary N) is 3. The number of alkyl halides is 1. The Hall–Kier alpha value is -7.50. The average Bonchev–Trinajstić information content (AvgIpc) is 1.70. The minimum atomic E-state index is -3.72. The van der Waals surface area contributed by atoms with Crippen LogP contribution in [0.2, 0.25) is 0 Å². The number of halogens is 6. The fourth-order valence-corrected chi connectivity index (χ4v) is 14.3. The van der Waals surface area contributed by atoms with Crippen LogP contribution in [0.4, 0.5) is 0 Å². The van der Waals surface area contributed by atoms with Crippen molar-refractivity contribution in [1.82, 2.24) is 36.2 Å². The zero-order valence-electron chi connectivity index (χ0n) is 70.4. The molecule has 40 heteroatoms. The summed E-state index contributed by atoms with van der Waals surface area (Å²) in [7, 11) is 14.5. The zero-order valence-corrected chi connectivity index (χ0v) is 83.5. The number of aliphatic hydroxyl groups is 2. The third-order valence-corrected chi connectivity index (χ3v) is 22.3. The number of aliphatic imine (C=N–C) groups is 1. The summed E-state index contributed by atoms with van der Waals surface area (Å²) in [4.78, 5) is 85.5. The summed E-state index contributed by atoms with van der Waals surface area (Å²) < 4.78 is 39.6. The topological polar surface area (TPSA) is 418 Å². The van der Waals surface area contributed by atoms with Gasteiger partial charge in [0.05, 0.1) is 50.2 Å². The van der Waals surface area contributed by atoms with Gasteiger partial charge in [-0.2, -0.15) is 8.42 Å². The van der Waals surface area contributed by atoms with Gasteiger partial charge in [-0.25, -0.2) is 23.5 Å². The zero-order chi connectivity index (χ0) is 91.9. The maximum atomic E-state index is 11.7. The first-order valence-electron chi connectivity index (χ1n) is 37.4. The maximum absolute atomic E-state index is 11.7. The van der Waals surface area contributed by atoms with Gasteiger partial charge in [-0.05, 0) is 142 Å². The van der Waals surface area contributed by atoms with E-state index in [1.807, 2.05) is 96.4 Å². The number of rotatable bonds is 24. The minimum Gasteiger partial charge on any atom is -0.870 e. The molecule has 0 saturated carbocycles. The van der Waals surface area contributed by atoms with Crippen LogP contribution < -0.4 is 51.2 Å². The number of nitrogens with zero attached hydrogens (tertiary/aromatic N) is 5. The van der Waals surface area contributed by atoms with Gasteiger partial charge in [-0.1, -0.05) is 270 Å². The van der Waals surface area contributed by atoms with E-state index in [-0.39, 0.29) is 109 Å². The molecular weight excluding hydrogens is 1950 g/mol. The second-order valence-corrected chi connectivity index (χ2v) is 39.1. The van der Waals surface area contributed by atoms with Crippen LogP contribution in [0.25, 0.3) is 22.5 Å². The Morgan fingerprint density at radius 1 is 0.583 bits per heavy atom. The molecule has 0 bridgehead atoms. The summed E-state index contributed by atoms with van der Waals surface area (Å²) in [6.45, 7) is 19.8. The molecule has 7 heterocycles. The number of hydrogen-bond acceptors (Lipinski definition) is 25. The number of nitrogens with two attached hydrogens (primary N) is 1. The fraction of sp³-hybridized carbons (Fsp3) is 0.322. The molecule has 5 aromatic carbocycles. The second kappa shape index (κ2) is 65.1. The molecule has 3 amide bonds. The molecule has 12 rings (SSSR count). The Bertz CT molecular complexity index is 4950. The van der Waals surface area contributed by atoms with Crippen LogP contribution in [0.3, 0.4) is 0 Å². The summed E-state index contributed by atoms with van der Waals surface area (Å²) >= 11 is 15.7. The van der Waals surface area contributed by atoms with Crippen molar-refractivity contribution in [3.63, 3.8) is 0 Å². The van der Waals surface area contributed by atoms with Gasteiger partial charge in [0.2, 0.25) is 15.1 Å². The number of aliphatic carboxylic acids is 2. The van der Waals surface area contributed by atoms with Gasteiger partial charge < -0.3 is 57.1 Å². The van der Waals surface area contributed by atoms with Crippen LogP contribution >= 0.6 is 127 Å². The van der Waals surface area contributed by atoms with Gasteiger partial charge in [-0.15, -0.1) is 61.8 Å². The van der Waals surface area contributed by atoms with E-state index in [1.54, 1.807) is 86.9 Å². The first-order chi connectivity index (χ1) is 58.4. The quantitative estimate of drug-likeness (QED) is 0.00915. The summed E-state index contributed by atoms with van der Waals surface area (Å²) in [5, 5.41) is 64.5. The molecule has 1 aliphatic heterocycles. The number of carbonyl (C=O) groups is 7. The molecular formula is C87H108BrCl5N9NaO17S7. The standard InChI is InChI=1S/C33H25BrN4.C11H15NO3S.C10H13NO3S.C10H15NO2S.C10H13NOS.C5H3ClOS.C5H11NO2.CH4O.2CH4.Cl2O2S.Cl2OS.Na.H2O/c34-24-25-20-22-26(23-21-25)30-18-10-11-19-31(30)32-35-36-37-38(32)33(27-12-4-1-5-13-27,28-14-6-2-7-15-28)29-16-8-3-9-17-29;1-7(2)9(11(14)15-3)12-10(13)8-5-4-6-16-8;1-6(2)8(10(13)14)11-9(12)7-4-3-5-15-7;1-7(2)8(6-12)11-10(13)9-4-3-5-14-9;1-7(2)8-6-12-10(11-8)9-4-3-5-13-9;6-5(7)4-2-1-3-8-4;1-3(2)4(6)5(7)8;1-2;;;1-5(2,3)4;1-4(2)3;;/h1-23H,24H2;4-7,9H,1-3H3,(H,12,13);3-6,8H,1-2H3,(H,11,12)(H,13,14);3-5,7-8,12H,6H2,1-2H3,(H,11,13);3-5,7-8H,6H2,1-2H3;1-3H;3-4H,6H2,1-2H3,(H,7,8);2H,1H3;2*1H4;;;;1H2/q;;;;;;;;;;;;+1;/p-1/t;9-;;2*8-;;4-;;;;;;;/m.0.11.0......./s1. The number of methoxy groups -OCH3 is 1. The van der Waals surface area contributed by atoms with Gasteiger partial charge in [0, 0.05) is 60.7 Å². The van der Waals surface area contributed by atoms with E-state index in [1.165, 1.54) is 58.0 Å². The SMILES string of the molecule is BrCc1ccc(-c2ccccc2-c2nnnn2C(c2ccccc2)(c2ccccc2)c2ccccc2)cc1.C.C.CC(C)C(NC(=O)c1cccs1)C(=O)O.CC(C)[C@@H](CO)NC(=O)c1cccs1.CC(C)[C@H](N)C(=O)O.CC(C)[C@H]1COC(c2cccs2)=N1.CO.COC(=O)[C@@H](NC(=O)c1cccs1)C(C)C.O=C(Cl)c1cccs1.O=S(=O)(Cl)Cl.O=S(Cl)Cl.[Na+].[OH-]. The van der Waals surface area contributed by atoms with Crippen molar-refractivity contribution in [3.05, 3.63) is 274 Å². The minimum absolute atomic E-state index is 0. The Morgan fingerprint density at radius 2 is 0.969 bits per heavy atom. The molecule has 6 aromatic heterocycles. The normalized spacial score (nSPS) is 12.3. The summed E-state index contributed by atoms with van der Waals surface area (Å²) in [6.07, 6.45) is 0. The van der Waals surface area contributed by atoms with E-state index in [9.17, 15) is 33.6 Å². The Labute approximate surface area is 819 Å². The van der Waals surface area contributed by atoms with E-state index < -0.39 is 59.1 Å². The van der Waals surface area contributed by atoms with Gasteiger partial charge >= 0.3 is 55.7 Å². The maximum Gasteiger partial charge on any atom is 1.00 e. The number of benzene rings is 5. The molecule has 0 saturated heterocycles. The Kier molecular flexibility index (Phi) is 62.3. The van der Waals surface area contributed by atoms with Crippen LogP contribution in [0, 0.1) is 29.6 Å². The number of tetrazole rings is 1. The van der Waals surface area contributed by atoms with Gasteiger partial charge in [0.25, 0.3) is 23.0 Å². The van der Waals surface area contributed by atoms with Gasteiger partial charge in [0.1, 0.15) is 30.3 Å². The molecule has 1 unspecified atom stereocenters. The number of carbonyl (C=O) groups excluding carboxylic acids is 5. The molecule has 688 valence electrons. The number of hydrogen-bond donors (Lipinski definition) is 8. The van der Waals surface area contributed by atoms with E-state index in [4.69, 9.17) is 60.3 Å². The number of aliphatic hydroxyl groups excluding tert-OH is 2. The smallest absolute Gasteiger partial charge is 0.870 e. The molecule has 0 aliphatic carbocycles. The molecule has 11 aromatic rings. The number of ether oxygens (including phenoxy) is 2. The number of carboxylic acids is 2. The molecule has 26 nitrogen and oxygen atoms in total. The van der Waals surface area contributed by atoms with Crippen molar-refractivity contribution < 1.29 is 111 Å². The molecule has 127 heavy (non-hydrogen) atoms. The second-order valence-electron chi connectivity index (χ2n) is 27.2. The van der Waals surface area contributed by atoms with Crippen molar-refractivity contribution >= 4 is 191 Å². The Morgan fingerprint density at radius 3 is 1.28 bits per heavy atom. The Balaban J connectivity index is 0. The first kappa shape index (κ1) is 122. The number of thiophene rings is 5. The molecule has 10 N–H and O–H groups in total. The van der Waals surface area contributed by atoms with Crippen molar-refractivity contribution in [3.8, 4) is 22.5 Å².